The predicted octanol–water partition coefficient (Wildman–Crippen LogP) is -0.851. The van der Waals surface area contributed by atoms with Crippen LogP contribution in [0, 0.1) is 5.41 Å². The van der Waals surface area contributed by atoms with Gasteiger partial charge in [-0.3, -0.25) is 43.9 Å². The van der Waals surface area contributed by atoms with E-state index in [2.05, 4.69) is 9.98 Å². The highest BCUT2D eigenvalue weighted by atomic mass is 16.3. The van der Waals surface area contributed by atoms with Crippen molar-refractivity contribution >= 4 is 41.3 Å². The van der Waals surface area contributed by atoms with E-state index in [-0.39, 0.29) is 24.4 Å². The average molecular weight is 524 g/mol. The van der Waals surface area contributed by atoms with Crippen LogP contribution < -0.4 is 16.1 Å². The molecule has 3 N–H and O–H groups in total. The van der Waals surface area contributed by atoms with Crippen LogP contribution in [0.25, 0.3) is 0 Å². The van der Waals surface area contributed by atoms with Crippen LogP contribution in [0.1, 0.15) is 18.1 Å². The molecule has 1 spiro atoms. The molecule has 1 aromatic heterocycles. The van der Waals surface area contributed by atoms with E-state index >= 15 is 0 Å². The van der Waals surface area contributed by atoms with Gasteiger partial charge in [-0.25, -0.2) is 9.59 Å². The summed E-state index contributed by atoms with van der Waals surface area (Å²) in [6.07, 6.45) is 1.05. The number of aliphatic imine (C=N–C) groups is 1. The van der Waals surface area contributed by atoms with E-state index in [0.29, 0.717) is 24.3 Å². The molecule has 2 saturated heterocycles. The third-order valence-corrected chi connectivity index (χ3v) is 7.48. The van der Waals surface area contributed by atoms with Crippen molar-refractivity contribution in [1.82, 2.24) is 24.7 Å². The van der Waals surface area contributed by atoms with Crippen molar-refractivity contribution in [3.8, 4) is 5.88 Å². The molecule has 198 valence electrons. The molecule has 5 rings (SSSR count). The Bertz CT molecular complexity index is 1520. The molecule has 2 fully saturated rings. The van der Waals surface area contributed by atoms with Gasteiger partial charge >= 0.3 is 11.7 Å². The number of aromatic amines is 2. The Labute approximate surface area is 215 Å². The summed E-state index contributed by atoms with van der Waals surface area (Å²) in [5, 5.41) is 9.91. The minimum atomic E-state index is -1.66. The molecule has 0 bridgehead atoms. The number of nitrogens with zero attached hydrogens (tertiary/aromatic N) is 5. The number of fused-ring (bicyclic) bond motifs is 4. The van der Waals surface area contributed by atoms with Crippen LogP contribution >= 0.6 is 0 Å². The van der Waals surface area contributed by atoms with Crippen molar-refractivity contribution < 1.29 is 24.3 Å². The topological polar surface area (TPSA) is 180 Å². The molecule has 14 nitrogen and oxygen atoms in total. The SMILES string of the molecule is CC(=O)N1CCN2c3ccc(N=Cc4c(O)[nH]c(=O)[nH]c4=O)cc3CC3(C(=O)N(C)C(=O)N(C)C3=O)[C@@H]2C1. The van der Waals surface area contributed by atoms with Gasteiger partial charge in [0.2, 0.25) is 23.6 Å². The highest BCUT2D eigenvalue weighted by Gasteiger charge is 2.64. The van der Waals surface area contributed by atoms with Gasteiger partial charge in [-0.15, -0.1) is 0 Å². The fourth-order valence-corrected chi connectivity index (χ4v) is 5.54. The van der Waals surface area contributed by atoms with Crippen molar-refractivity contribution in [1.29, 1.82) is 0 Å². The van der Waals surface area contributed by atoms with Gasteiger partial charge in [0.25, 0.3) is 5.56 Å². The van der Waals surface area contributed by atoms with Gasteiger partial charge in [0, 0.05) is 52.6 Å². The number of benzene rings is 1. The summed E-state index contributed by atoms with van der Waals surface area (Å²) in [5.41, 5.74) is -1.86. The number of rotatable bonds is 2. The number of aromatic hydroxyl groups is 1. The summed E-state index contributed by atoms with van der Waals surface area (Å²) in [6.45, 7) is 2.32. The van der Waals surface area contributed by atoms with Crippen LogP contribution in [0.5, 0.6) is 5.88 Å². The zero-order valence-electron chi connectivity index (χ0n) is 20.8. The first-order chi connectivity index (χ1) is 18.0. The largest absolute Gasteiger partial charge is 0.494 e. The molecule has 2 aromatic rings. The van der Waals surface area contributed by atoms with E-state index in [0.717, 1.165) is 21.7 Å². The lowest BCUT2D eigenvalue weighted by Crippen LogP contribution is -2.74. The van der Waals surface area contributed by atoms with E-state index in [1.807, 2.05) is 9.88 Å². The summed E-state index contributed by atoms with van der Waals surface area (Å²) in [5.74, 6) is -2.10. The van der Waals surface area contributed by atoms with Gasteiger partial charge in [0.05, 0.1) is 11.7 Å². The van der Waals surface area contributed by atoms with Crippen LogP contribution in [-0.4, -0.2) is 99.5 Å². The van der Waals surface area contributed by atoms with Crippen molar-refractivity contribution in [2.24, 2.45) is 10.4 Å². The summed E-state index contributed by atoms with van der Waals surface area (Å²) in [6, 6.07) is 3.68. The normalized spacial score (nSPS) is 20.8. The Kier molecular flexibility index (Phi) is 5.69. The van der Waals surface area contributed by atoms with Gasteiger partial charge in [-0.2, -0.15) is 0 Å². The number of barbiturate groups is 1. The quantitative estimate of drug-likeness (QED) is 0.336. The van der Waals surface area contributed by atoms with Gasteiger partial charge < -0.3 is 14.9 Å². The predicted molar refractivity (Wildman–Crippen MR) is 134 cm³/mol. The number of hydrogen-bond donors (Lipinski definition) is 3. The number of imide groups is 2. The molecule has 3 aliphatic heterocycles. The Balaban J connectivity index is 1.61. The summed E-state index contributed by atoms with van der Waals surface area (Å²) in [4.78, 5) is 89.3. The highest BCUT2D eigenvalue weighted by Crippen LogP contribution is 2.47. The van der Waals surface area contributed by atoms with E-state index in [1.54, 1.807) is 23.1 Å². The van der Waals surface area contributed by atoms with E-state index in [9.17, 15) is 33.9 Å². The molecule has 0 saturated carbocycles. The molecule has 38 heavy (non-hydrogen) atoms. The first kappa shape index (κ1) is 24.9. The molecular formula is C24H25N7O7. The summed E-state index contributed by atoms with van der Waals surface area (Å²) in [7, 11) is 2.66. The molecule has 0 unspecified atom stereocenters. The standard InChI is InChI=1S/C24H25N7O7/c1-12(32)30-6-7-31-16-5-4-14(25-10-15-18(33)26-22(37)27-19(15)34)8-13(16)9-24(17(31)11-30)20(35)28(2)23(38)29(3)21(24)36/h4-5,8,10,17H,6-7,9,11H2,1-3H3,(H3,26,27,33,34,37)/t17-/m0/s1. The second-order valence-electron chi connectivity index (χ2n) is 9.58. The second-order valence-corrected chi connectivity index (χ2v) is 9.58. The molecule has 0 aliphatic carbocycles. The van der Waals surface area contributed by atoms with Crippen molar-refractivity contribution in [2.75, 3.05) is 38.6 Å². The fourth-order valence-electron chi connectivity index (χ4n) is 5.54. The molecule has 3 aliphatic rings. The number of hydrogen-bond acceptors (Lipinski definition) is 9. The number of urea groups is 1. The first-order valence-corrected chi connectivity index (χ1v) is 11.8. The van der Waals surface area contributed by atoms with Crippen molar-refractivity contribution in [2.45, 2.75) is 19.4 Å². The zero-order valence-corrected chi connectivity index (χ0v) is 20.8. The minimum Gasteiger partial charge on any atom is -0.494 e. The van der Waals surface area contributed by atoms with Gasteiger partial charge in [0.1, 0.15) is 5.56 Å². The fraction of sp³-hybridized carbons (Fsp3) is 0.375. The lowest BCUT2D eigenvalue weighted by atomic mass is 9.67. The smallest absolute Gasteiger partial charge is 0.332 e. The lowest BCUT2D eigenvalue weighted by Gasteiger charge is -2.56. The van der Waals surface area contributed by atoms with E-state index in [4.69, 9.17) is 0 Å². The monoisotopic (exact) mass is 523 g/mol. The van der Waals surface area contributed by atoms with Crippen LogP contribution in [-0.2, 0) is 20.8 Å². The minimum absolute atomic E-state index is 0.0390. The molecule has 14 heteroatoms. The Morgan fingerprint density at radius 3 is 2.39 bits per heavy atom. The zero-order chi connectivity index (χ0) is 27.5. The van der Waals surface area contributed by atoms with Crippen LogP contribution in [0.3, 0.4) is 0 Å². The Hall–Kier alpha value is -4.75. The van der Waals surface area contributed by atoms with Gasteiger partial charge in [0.15, 0.2) is 5.41 Å². The summed E-state index contributed by atoms with van der Waals surface area (Å²) < 4.78 is 0. The van der Waals surface area contributed by atoms with E-state index < -0.39 is 46.4 Å². The second kappa shape index (κ2) is 8.68. The number of carbonyl (C=O) groups excluding carboxylic acids is 4. The third-order valence-electron chi connectivity index (χ3n) is 7.48. The third kappa shape index (κ3) is 3.59. The average Bonchev–Trinajstić information content (AvgIpc) is 2.88. The Morgan fingerprint density at radius 1 is 1.08 bits per heavy atom. The first-order valence-electron chi connectivity index (χ1n) is 11.8. The van der Waals surface area contributed by atoms with E-state index in [1.165, 1.54) is 21.0 Å². The number of amides is 5. The maximum absolute atomic E-state index is 13.7. The summed E-state index contributed by atoms with van der Waals surface area (Å²) >= 11 is 0. The Morgan fingerprint density at radius 2 is 1.76 bits per heavy atom. The number of nitrogens with one attached hydrogen (secondary N) is 2. The van der Waals surface area contributed by atoms with Crippen LogP contribution in [0.15, 0.2) is 32.8 Å². The van der Waals surface area contributed by atoms with Gasteiger partial charge in [-0.1, -0.05) is 0 Å². The number of piperazine rings is 1. The molecule has 4 heterocycles. The number of H-pyrrole nitrogens is 2. The van der Waals surface area contributed by atoms with Crippen LogP contribution in [0.2, 0.25) is 0 Å². The number of anilines is 1. The maximum atomic E-state index is 13.7. The molecule has 1 aromatic carbocycles. The lowest BCUT2D eigenvalue weighted by molar-refractivity contribution is -0.161. The molecule has 5 amide bonds. The molecule has 1 atom stereocenters. The maximum Gasteiger partial charge on any atom is 0.332 e. The van der Waals surface area contributed by atoms with Crippen LogP contribution in [0.4, 0.5) is 16.2 Å². The molecular weight excluding hydrogens is 498 g/mol. The number of aromatic nitrogens is 2. The molecule has 0 radical (unpaired) electrons. The van der Waals surface area contributed by atoms with Crippen molar-refractivity contribution in [3.05, 3.63) is 50.2 Å². The highest BCUT2D eigenvalue weighted by molar-refractivity contribution is 6.20. The number of carbonyl (C=O) groups is 4. The van der Waals surface area contributed by atoms with Crippen molar-refractivity contribution in [3.63, 3.8) is 0 Å². The van der Waals surface area contributed by atoms with Gasteiger partial charge in [-0.05, 0) is 30.2 Å².